The van der Waals surface area contributed by atoms with Crippen LogP contribution in [0.4, 0.5) is 19.0 Å². The van der Waals surface area contributed by atoms with Crippen molar-refractivity contribution in [2.75, 3.05) is 11.1 Å². The molecule has 6 nitrogen and oxygen atoms in total. The van der Waals surface area contributed by atoms with Gasteiger partial charge in [0.1, 0.15) is 5.82 Å². The van der Waals surface area contributed by atoms with Crippen LogP contribution < -0.4 is 5.32 Å². The molecule has 0 spiro atoms. The van der Waals surface area contributed by atoms with Crippen LogP contribution in [0.5, 0.6) is 0 Å². The van der Waals surface area contributed by atoms with E-state index in [2.05, 4.69) is 20.4 Å². The van der Waals surface area contributed by atoms with Crippen LogP contribution in [0.1, 0.15) is 27.6 Å². The van der Waals surface area contributed by atoms with Crippen LogP contribution in [0.25, 0.3) is 5.95 Å². The van der Waals surface area contributed by atoms with E-state index in [0.29, 0.717) is 22.6 Å². The number of alkyl halides is 3. The SMILES string of the molecule is Cc1nn(-c2ncccn2)c2c1C(c1cccc(C(F)(F)F)c1)SCC(=O)N2. The minimum absolute atomic E-state index is 0.102. The third-order valence-corrected chi connectivity index (χ3v) is 5.54. The molecule has 1 N–H and O–H groups in total. The molecule has 1 unspecified atom stereocenters. The molecular formula is C18H14F3N5OS. The smallest absolute Gasteiger partial charge is 0.309 e. The Hall–Kier alpha value is -2.88. The predicted octanol–water partition coefficient (Wildman–Crippen LogP) is 3.76. The molecule has 2 aromatic heterocycles. The van der Waals surface area contributed by atoms with Crippen LogP contribution in [0.15, 0.2) is 42.7 Å². The summed E-state index contributed by atoms with van der Waals surface area (Å²) >= 11 is 1.26. The van der Waals surface area contributed by atoms with Gasteiger partial charge in [0.05, 0.1) is 22.3 Å². The zero-order valence-electron chi connectivity index (χ0n) is 14.6. The van der Waals surface area contributed by atoms with E-state index >= 15 is 0 Å². The number of rotatable bonds is 2. The summed E-state index contributed by atoms with van der Waals surface area (Å²) in [5.41, 5.74) is 0.948. The number of benzene rings is 1. The van der Waals surface area contributed by atoms with E-state index in [-0.39, 0.29) is 17.6 Å². The highest BCUT2D eigenvalue weighted by Crippen LogP contribution is 2.44. The lowest BCUT2D eigenvalue weighted by molar-refractivity contribution is -0.137. The number of hydrogen-bond acceptors (Lipinski definition) is 5. The summed E-state index contributed by atoms with van der Waals surface area (Å²) in [5.74, 6) is 0.478. The monoisotopic (exact) mass is 405 g/mol. The first-order valence-electron chi connectivity index (χ1n) is 8.30. The number of amides is 1. The second kappa shape index (κ2) is 6.93. The summed E-state index contributed by atoms with van der Waals surface area (Å²) in [7, 11) is 0. The van der Waals surface area contributed by atoms with E-state index in [1.165, 1.54) is 22.5 Å². The average molecular weight is 405 g/mol. The second-order valence-electron chi connectivity index (χ2n) is 6.17. The van der Waals surface area contributed by atoms with Crippen LogP contribution in [-0.2, 0) is 11.0 Å². The molecule has 28 heavy (non-hydrogen) atoms. The Morgan fingerprint density at radius 3 is 2.68 bits per heavy atom. The van der Waals surface area contributed by atoms with Gasteiger partial charge in [-0.1, -0.05) is 18.2 Å². The van der Waals surface area contributed by atoms with Crippen molar-refractivity contribution in [2.24, 2.45) is 0 Å². The van der Waals surface area contributed by atoms with E-state index in [4.69, 9.17) is 0 Å². The summed E-state index contributed by atoms with van der Waals surface area (Å²) in [6, 6.07) is 6.80. The Morgan fingerprint density at radius 1 is 1.21 bits per heavy atom. The largest absolute Gasteiger partial charge is 0.416 e. The molecule has 10 heteroatoms. The Bertz CT molecular complexity index is 1040. The fourth-order valence-electron chi connectivity index (χ4n) is 3.07. The fourth-order valence-corrected chi connectivity index (χ4v) is 4.25. The first-order chi connectivity index (χ1) is 13.3. The molecule has 0 saturated heterocycles. The summed E-state index contributed by atoms with van der Waals surface area (Å²) < 4.78 is 40.9. The van der Waals surface area contributed by atoms with Crippen molar-refractivity contribution in [2.45, 2.75) is 18.3 Å². The molecule has 0 bridgehead atoms. The summed E-state index contributed by atoms with van der Waals surface area (Å²) in [5, 5.41) is 6.73. The first-order valence-corrected chi connectivity index (χ1v) is 9.35. The third kappa shape index (κ3) is 3.35. The van der Waals surface area contributed by atoms with E-state index in [0.717, 1.165) is 12.1 Å². The van der Waals surface area contributed by atoms with E-state index in [9.17, 15) is 18.0 Å². The molecule has 1 atom stereocenters. The lowest BCUT2D eigenvalue weighted by atomic mass is 10.0. The number of carbonyl (C=O) groups is 1. The van der Waals surface area contributed by atoms with Gasteiger partial charge in [-0.25, -0.2) is 9.97 Å². The second-order valence-corrected chi connectivity index (χ2v) is 7.26. The Morgan fingerprint density at radius 2 is 1.96 bits per heavy atom. The lowest BCUT2D eigenvalue weighted by Crippen LogP contribution is -2.16. The fraction of sp³-hybridized carbons (Fsp3) is 0.222. The lowest BCUT2D eigenvalue weighted by Gasteiger charge is -2.17. The topological polar surface area (TPSA) is 72.7 Å². The number of nitrogens with zero attached hydrogens (tertiary/aromatic N) is 4. The third-order valence-electron chi connectivity index (χ3n) is 4.27. The maximum absolute atomic E-state index is 13.2. The molecule has 0 saturated carbocycles. The van der Waals surface area contributed by atoms with Gasteiger partial charge in [0, 0.05) is 18.0 Å². The normalized spacial score (nSPS) is 17.0. The molecular weight excluding hydrogens is 391 g/mol. The molecule has 3 aromatic rings. The summed E-state index contributed by atoms with van der Waals surface area (Å²) in [6.45, 7) is 1.75. The predicted molar refractivity (Wildman–Crippen MR) is 98.3 cm³/mol. The van der Waals surface area contributed by atoms with Gasteiger partial charge in [0.25, 0.3) is 5.95 Å². The minimum Gasteiger partial charge on any atom is -0.309 e. The molecule has 0 aliphatic carbocycles. The van der Waals surface area contributed by atoms with E-state index in [1.54, 1.807) is 31.5 Å². The number of aryl methyl sites for hydroxylation is 1. The quantitative estimate of drug-likeness (QED) is 0.703. The first kappa shape index (κ1) is 18.5. The van der Waals surface area contributed by atoms with Gasteiger partial charge in [-0.05, 0) is 24.6 Å². The van der Waals surface area contributed by atoms with Crippen LogP contribution >= 0.6 is 11.8 Å². The van der Waals surface area contributed by atoms with Crippen LogP contribution in [-0.4, -0.2) is 31.4 Å². The highest BCUT2D eigenvalue weighted by atomic mass is 32.2. The Labute approximate surface area is 162 Å². The molecule has 1 aliphatic rings. The Kier molecular flexibility index (Phi) is 4.58. The molecule has 4 rings (SSSR count). The summed E-state index contributed by atoms with van der Waals surface area (Å²) in [6.07, 6.45) is -1.36. The molecule has 1 amide bonds. The van der Waals surface area contributed by atoms with Crippen molar-refractivity contribution in [3.05, 3.63) is 65.1 Å². The van der Waals surface area contributed by atoms with Gasteiger partial charge >= 0.3 is 6.18 Å². The average Bonchev–Trinajstić information content (AvgIpc) is 2.88. The van der Waals surface area contributed by atoms with Crippen molar-refractivity contribution >= 4 is 23.5 Å². The molecule has 144 valence electrons. The summed E-state index contributed by atoms with van der Waals surface area (Å²) in [4.78, 5) is 20.6. The van der Waals surface area contributed by atoms with Gasteiger partial charge in [0.2, 0.25) is 5.91 Å². The van der Waals surface area contributed by atoms with Crippen LogP contribution in [0.2, 0.25) is 0 Å². The van der Waals surface area contributed by atoms with E-state index < -0.39 is 17.0 Å². The molecule has 0 fully saturated rings. The number of halogens is 3. The van der Waals surface area contributed by atoms with Crippen molar-refractivity contribution < 1.29 is 18.0 Å². The van der Waals surface area contributed by atoms with Crippen molar-refractivity contribution in [1.82, 2.24) is 19.7 Å². The van der Waals surface area contributed by atoms with Crippen LogP contribution in [0.3, 0.4) is 0 Å². The number of thioether (sulfide) groups is 1. The number of nitrogens with one attached hydrogen (secondary N) is 1. The zero-order chi connectivity index (χ0) is 19.9. The zero-order valence-corrected chi connectivity index (χ0v) is 15.4. The van der Waals surface area contributed by atoms with Gasteiger partial charge in [0.15, 0.2) is 0 Å². The number of carbonyl (C=O) groups excluding carboxylic acids is 1. The standard InChI is InChI=1S/C18H14F3N5OS/c1-10-14-15(11-4-2-5-12(8-11)18(19,20)21)28-9-13(27)24-16(14)26(25-10)17-22-6-3-7-23-17/h2-8,15H,9H2,1H3,(H,24,27). The highest BCUT2D eigenvalue weighted by Gasteiger charge is 2.34. The van der Waals surface area contributed by atoms with Gasteiger partial charge < -0.3 is 5.32 Å². The van der Waals surface area contributed by atoms with Crippen molar-refractivity contribution in [3.63, 3.8) is 0 Å². The van der Waals surface area contributed by atoms with Gasteiger partial charge in [-0.3, -0.25) is 4.79 Å². The van der Waals surface area contributed by atoms with E-state index in [1.807, 2.05) is 0 Å². The van der Waals surface area contributed by atoms with Gasteiger partial charge in [-0.15, -0.1) is 11.8 Å². The molecule has 3 heterocycles. The highest BCUT2D eigenvalue weighted by molar-refractivity contribution is 8.00. The number of hydrogen-bond donors (Lipinski definition) is 1. The number of anilines is 1. The van der Waals surface area contributed by atoms with Crippen LogP contribution in [0, 0.1) is 6.92 Å². The Balaban J connectivity index is 1.87. The molecule has 1 aromatic carbocycles. The minimum atomic E-state index is -4.45. The maximum atomic E-state index is 13.2. The molecule has 1 aliphatic heterocycles. The van der Waals surface area contributed by atoms with Gasteiger partial charge in [-0.2, -0.15) is 23.0 Å². The van der Waals surface area contributed by atoms with Crippen molar-refractivity contribution in [3.8, 4) is 5.95 Å². The maximum Gasteiger partial charge on any atom is 0.416 e. The molecule has 0 radical (unpaired) electrons. The van der Waals surface area contributed by atoms with Crippen molar-refractivity contribution in [1.29, 1.82) is 0 Å². The number of aromatic nitrogens is 4. The number of fused-ring (bicyclic) bond motifs is 1.